The van der Waals surface area contributed by atoms with Gasteiger partial charge in [-0.25, -0.2) is 0 Å². The molecule has 4 nitrogen and oxygen atoms in total. The quantitative estimate of drug-likeness (QED) is 0.672. The Bertz CT molecular complexity index is 1150. The number of piperidine rings is 1. The van der Waals surface area contributed by atoms with Crippen LogP contribution < -0.4 is 4.90 Å². The van der Waals surface area contributed by atoms with E-state index in [1.165, 1.54) is 17.9 Å². The van der Waals surface area contributed by atoms with Gasteiger partial charge in [0, 0.05) is 61.9 Å². The zero-order valence-electron chi connectivity index (χ0n) is 26.4. The first-order chi connectivity index (χ1) is 17.4. The van der Waals surface area contributed by atoms with E-state index in [0.717, 1.165) is 16.2 Å². The Morgan fingerprint density at radius 1 is 1.42 bits per heavy atom. The molecule has 0 atom stereocenters. The van der Waals surface area contributed by atoms with Gasteiger partial charge in [0.2, 0.25) is 5.91 Å². The molecule has 2 heterocycles. The summed E-state index contributed by atoms with van der Waals surface area (Å²) in [5.74, 6) is -0.752. The highest BCUT2D eigenvalue weighted by Gasteiger charge is 2.42. The van der Waals surface area contributed by atoms with Crippen molar-refractivity contribution in [2.75, 3.05) is 31.5 Å². The first kappa shape index (κ1) is 9.00. The van der Waals surface area contributed by atoms with E-state index in [1.54, 1.807) is 11.4 Å². The second-order valence-corrected chi connectivity index (χ2v) is 6.75. The van der Waals surface area contributed by atoms with Crippen molar-refractivity contribution in [2.24, 2.45) is 0 Å². The van der Waals surface area contributed by atoms with Crippen molar-refractivity contribution in [1.29, 1.82) is 0 Å². The van der Waals surface area contributed by atoms with Crippen LogP contribution in [0.5, 0.6) is 0 Å². The minimum Gasteiger partial charge on any atom is -0.358 e. The molecule has 1 aromatic carbocycles. The average Bonchev–Trinajstić information content (AvgIpc) is 3.39. The van der Waals surface area contributed by atoms with Gasteiger partial charge < -0.3 is 9.64 Å². The van der Waals surface area contributed by atoms with Crippen molar-refractivity contribution < 1.29 is 26.0 Å². The summed E-state index contributed by atoms with van der Waals surface area (Å²) in [5.41, 5.74) is -2.55. The smallest absolute Gasteiger partial charge is 0.229 e. The Hall–Kier alpha value is -1.69. The normalized spacial score (nSPS) is 25.4. The minimum absolute atomic E-state index is 0.167. The highest BCUT2D eigenvalue weighted by atomic mass is 32.1. The fourth-order valence-electron chi connectivity index (χ4n) is 2.89. The monoisotopic (exact) mass is 384 g/mol. The van der Waals surface area contributed by atoms with Gasteiger partial charge in [0.15, 0.2) is 0 Å². The van der Waals surface area contributed by atoms with Gasteiger partial charge in [-0.05, 0) is 29.9 Å². The SMILES string of the molecule is [2H]c1c([2H])c([2H])c(N(C(=O)CC)C2(OC([2H])([2H])[2H])CCN(C([2H])([2H])C([2H])([2H])c3cccs3)CC2)c([2H])c1[2H]. The molecule has 1 aromatic heterocycles. The number of methoxy groups -OCH3 is 1. The summed E-state index contributed by atoms with van der Waals surface area (Å²) < 4.78 is 104. The summed E-state index contributed by atoms with van der Waals surface area (Å²) in [6, 6.07) is -0.440. The number of amides is 1. The number of para-hydroxylation sites is 1. The number of nitrogens with zero attached hydrogens (tertiary/aromatic N) is 2. The molecule has 0 unspecified atom stereocenters. The molecule has 140 valence electrons. The third-order valence-electron chi connectivity index (χ3n) is 4.26. The lowest BCUT2D eigenvalue weighted by molar-refractivity contribution is -0.128. The maximum absolute atomic E-state index is 13.3. The Kier molecular flexibility index (Phi) is 3.05. The Balaban J connectivity index is 2.11. The molecule has 0 saturated carbocycles. The molecule has 26 heavy (non-hydrogen) atoms. The topological polar surface area (TPSA) is 32.8 Å². The van der Waals surface area contributed by atoms with Crippen molar-refractivity contribution in [2.45, 2.75) is 38.3 Å². The van der Waals surface area contributed by atoms with E-state index in [4.69, 9.17) is 21.2 Å². The van der Waals surface area contributed by atoms with E-state index in [-0.39, 0.29) is 37.2 Å². The van der Waals surface area contributed by atoms with Gasteiger partial charge in [-0.3, -0.25) is 9.69 Å². The maximum Gasteiger partial charge on any atom is 0.229 e. The number of hydrogen-bond donors (Lipinski definition) is 0. The first-order valence-corrected chi connectivity index (χ1v) is 9.18. The summed E-state index contributed by atoms with van der Waals surface area (Å²) in [7, 11) is -3.06. The van der Waals surface area contributed by atoms with E-state index in [0.29, 0.717) is 0 Å². The van der Waals surface area contributed by atoms with E-state index < -0.39 is 67.4 Å². The lowest BCUT2D eigenvalue weighted by Gasteiger charge is -2.47. The zero-order valence-corrected chi connectivity index (χ0v) is 15.2. The maximum atomic E-state index is 13.3. The number of benzene rings is 1. The molecule has 0 aliphatic carbocycles. The third kappa shape index (κ3) is 4.17. The third-order valence-corrected chi connectivity index (χ3v) is 5.05. The second-order valence-electron chi connectivity index (χ2n) is 5.81. The molecular formula is C21H28N2O2S. The van der Waals surface area contributed by atoms with Crippen LogP contribution >= 0.6 is 11.3 Å². The van der Waals surface area contributed by atoms with Crippen LogP contribution in [0.2, 0.25) is 0 Å². The number of carbonyl (C=O) groups is 1. The number of carbonyl (C=O) groups excluding carboxylic acids is 1. The largest absolute Gasteiger partial charge is 0.358 e. The van der Waals surface area contributed by atoms with Crippen molar-refractivity contribution in [3.63, 3.8) is 0 Å². The van der Waals surface area contributed by atoms with Gasteiger partial charge in [0.1, 0.15) is 5.72 Å². The van der Waals surface area contributed by atoms with Crippen LogP contribution in [-0.2, 0) is 15.9 Å². The van der Waals surface area contributed by atoms with Crippen molar-refractivity contribution in [3.8, 4) is 0 Å². The lowest BCUT2D eigenvalue weighted by atomic mass is 9.96. The number of hydrogen-bond acceptors (Lipinski definition) is 4. The molecule has 0 spiro atoms. The number of rotatable bonds is 7. The van der Waals surface area contributed by atoms with Gasteiger partial charge in [-0.1, -0.05) is 31.1 Å². The average molecular weight is 385 g/mol. The van der Waals surface area contributed by atoms with Crippen molar-refractivity contribution >= 4 is 22.9 Å². The first-order valence-electron chi connectivity index (χ1n) is 14.3. The highest BCUT2D eigenvalue weighted by molar-refractivity contribution is 7.09. The Morgan fingerprint density at radius 2 is 2.19 bits per heavy atom. The molecule has 2 aromatic rings. The summed E-state index contributed by atoms with van der Waals surface area (Å²) >= 11 is 1.06. The fourth-order valence-corrected chi connectivity index (χ4v) is 3.46. The van der Waals surface area contributed by atoms with Gasteiger partial charge in [-0.2, -0.15) is 0 Å². The number of ether oxygens (including phenoxy) is 1. The van der Waals surface area contributed by atoms with E-state index in [9.17, 15) is 4.79 Å². The summed E-state index contributed by atoms with van der Waals surface area (Å²) in [6.45, 7) is -1.56. The molecule has 1 aliphatic heterocycles. The molecule has 0 radical (unpaired) electrons. The number of anilines is 1. The molecule has 1 amide bonds. The number of aryl methyl sites for hydroxylation is 1. The summed E-state index contributed by atoms with van der Waals surface area (Å²) in [5, 5.41) is 1.63. The van der Waals surface area contributed by atoms with Crippen LogP contribution in [-0.4, -0.2) is 43.2 Å². The standard InChI is InChI=1S/C21H28N2O2S/c1-3-20(24)23(18-8-5-4-6-9-18)21(25-2)12-15-22(16-13-21)14-11-19-10-7-17-26-19/h4-10,17H,3,11-16H2,1-2H3/i2D3,4D,5D,6D,8D,9D,11D2,14D2. The summed E-state index contributed by atoms with van der Waals surface area (Å²) in [4.78, 5) is 15.5. The Labute approximate surface area is 177 Å². The zero-order chi connectivity index (χ0) is 28.8. The Morgan fingerprint density at radius 3 is 2.81 bits per heavy atom. The van der Waals surface area contributed by atoms with Gasteiger partial charge in [0.05, 0.1) is 11.0 Å². The summed E-state index contributed by atoms with van der Waals surface area (Å²) in [6.07, 6.45) is -3.30. The van der Waals surface area contributed by atoms with E-state index >= 15 is 0 Å². The molecule has 1 fully saturated rings. The van der Waals surface area contributed by atoms with Crippen molar-refractivity contribution in [1.82, 2.24) is 4.90 Å². The molecule has 5 heteroatoms. The van der Waals surface area contributed by atoms with Crippen LogP contribution in [0.4, 0.5) is 5.69 Å². The lowest BCUT2D eigenvalue weighted by Crippen LogP contribution is -2.59. The van der Waals surface area contributed by atoms with Gasteiger partial charge >= 0.3 is 0 Å². The van der Waals surface area contributed by atoms with Crippen LogP contribution in [0.3, 0.4) is 0 Å². The predicted molar refractivity (Wildman–Crippen MR) is 108 cm³/mol. The van der Waals surface area contributed by atoms with Crippen LogP contribution in [0, 0.1) is 0 Å². The minimum atomic E-state index is -3.06. The van der Waals surface area contributed by atoms with E-state index in [2.05, 4.69) is 0 Å². The van der Waals surface area contributed by atoms with Crippen LogP contribution in [0.25, 0.3) is 0 Å². The predicted octanol–water partition coefficient (Wildman–Crippen LogP) is 4.17. The molecule has 1 saturated heterocycles. The second kappa shape index (κ2) is 8.80. The van der Waals surface area contributed by atoms with E-state index in [1.807, 2.05) is 0 Å². The number of thiophene rings is 1. The molecule has 0 bridgehead atoms. The highest BCUT2D eigenvalue weighted by Crippen LogP contribution is 2.34. The molecule has 3 rings (SSSR count). The van der Waals surface area contributed by atoms with Gasteiger partial charge in [0.25, 0.3) is 0 Å². The fraction of sp³-hybridized carbons (Fsp3) is 0.476. The number of likely N-dealkylation sites (tertiary alicyclic amines) is 1. The van der Waals surface area contributed by atoms with Crippen molar-refractivity contribution in [3.05, 3.63) is 52.6 Å². The molecule has 0 N–H and O–H groups in total. The van der Waals surface area contributed by atoms with Crippen LogP contribution in [0.1, 0.15) is 47.5 Å². The van der Waals surface area contributed by atoms with Gasteiger partial charge in [-0.15, -0.1) is 11.3 Å². The molecule has 1 aliphatic rings. The van der Waals surface area contributed by atoms with Crippen LogP contribution in [0.15, 0.2) is 47.7 Å². The molecular weight excluding hydrogens is 344 g/mol.